The van der Waals surface area contributed by atoms with Gasteiger partial charge in [-0.05, 0) is 12.1 Å². The smallest absolute Gasteiger partial charge is 0.125 e. The van der Waals surface area contributed by atoms with Crippen molar-refractivity contribution in [2.45, 2.75) is 6.04 Å². The summed E-state index contributed by atoms with van der Waals surface area (Å²) in [5.41, 5.74) is 6.99. The number of hydrogen-bond donors (Lipinski definition) is 1. The first-order chi connectivity index (χ1) is 8.77. The minimum atomic E-state index is 0.148. The van der Waals surface area contributed by atoms with Crippen molar-refractivity contribution in [1.29, 1.82) is 0 Å². The maximum absolute atomic E-state index is 6.33. The SMILES string of the molecule is COc1cccc(Cl)c1C(CN)N1CCSCC1. The van der Waals surface area contributed by atoms with E-state index in [2.05, 4.69) is 4.90 Å². The lowest BCUT2D eigenvalue weighted by Crippen LogP contribution is -2.39. The van der Waals surface area contributed by atoms with Gasteiger partial charge in [-0.15, -0.1) is 0 Å². The molecule has 2 N–H and O–H groups in total. The third-order valence-electron chi connectivity index (χ3n) is 3.28. The van der Waals surface area contributed by atoms with Crippen LogP contribution in [0.15, 0.2) is 18.2 Å². The highest BCUT2D eigenvalue weighted by atomic mass is 35.5. The van der Waals surface area contributed by atoms with Crippen LogP contribution in [-0.2, 0) is 0 Å². The molecule has 2 rings (SSSR count). The second kappa shape index (κ2) is 6.66. The van der Waals surface area contributed by atoms with E-state index in [0.717, 1.165) is 40.9 Å². The Morgan fingerprint density at radius 1 is 1.44 bits per heavy atom. The molecule has 5 heteroatoms. The van der Waals surface area contributed by atoms with Crippen LogP contribution in [0.3, 0.4) is 0 Å². The van der Waals surface area contributed by atoms with E-state index in [1.807, 2.05) is 30.0 Å². The van der Waals surface area contributed by atoms with E-state index in [1.54, 1.807) is 7.11 Å². The van der Waals surface area contributed by atoms with Crippen molar-refractivity contribution < 1.29 is 4.74 Å². The van der Waals surface area contributed by atoms with E-state index in [-0.39, 0.29) is 6.04 Å². The molecule has 18 heavy (non-hydrogen) atoms. The minimum Gasteiger partial charge on any atom is -0.496 e. The molecule has 1 heterocycles. The summed E-state index contributed by atoms with van der Waals surface area (Å²) in [7, 11) is 1.68. The van der Waals surface area contributed by atoms with Crippen LogP contribution in [0.2, 0.25) is 5.02 Å². The predicted molar refractivity (Wildman–Crippen MR) is 78.7 cm³/mol. The molecule has 1 aromatic rings. The Kier molecular flexibility index (Phi) is 5.18. The van der Waals surface area contributed by atoms with Crippen molar-refractivity contribution >= 4 is 23.4 Å². The van der Waals surface area contributed by atoms with Gasteiger partial charge in [0.15, 0.2) is 0 Å². The van der Waals surface area contributed by atoms with E-state index in [0.29, 0.717) is 6.54 Å². The summed E-state index contributed by atoms with van der Waals surface area (Å²) in [5.74, 6) is 3.14. The number of ether oxygens (including phenoxy) is 1. The summed E-state index contributed by atoms with van der Waals surface area (Å²) in [6.45, 7) is 2.67. The number of methoxy groups -OCH3 is 1. The molecule has 1 fully saturated rings. The zero-order chi connectivity index (χ0) is 13.0. The van der Waals surface area contributed by atoms with Crippen molar-refractivity contribution in [3.63, 3.8) is 0 Å². The van der Waals surface area contributed by atoms with Crippen LogP contribution in [0, 0.1) is 0 Å². The summed E-state index contributed by atoms with van der Waals surface area (Å²) >= 11 is 8.32. The van der Waals surface area contributed by atoms with Gasteiger partial charge in [0.05, 0.1) is 13.2 Å². The Labute approximate surface area is 118 Å². The molecule has 100 valence electrons. The number of hydrogen-bond acceptors (Lipinski definition) is 4. The molecule has 1 aliphatic heterocycles. The second-order valence-electron chi connectivity index (χ2n) is 4.26. The predicted octanol–water partition coefficient (Wildman–Crippen LogP) is 2.40. The molecule has 3 nitrogen and oxygen atoms in total. The standard InChI is InChI=1S/C13H19ClN2OS/c1-17-12-4-2-3-10(14)13(12)11(9-15)16-5-7-18-8-6-16/h2-4,11H,5-9,15H2,1H3. The second-order valence-corrected chi connectivity index (χ2v) is 5.89. The quantitative estimate of drug-likeness (QED) is 0.922. The van der Waals surface area contributed by atoms with Crippen molar-refractivity contribution in [3.8, 4) is 5.75 Å². The van der Waals surface area contributed by atoms with Crippen molar-refractivity contribution in [2.24, 2.45) is 5.73 Å². The molecule has 0 spiro atoms. The molecular formula is C13H19ClN2OS. The van der Waals surface area contributed by atoms with Gasteiger partial charge in [-0.2, -0.15) is 11.8 Å². The van der Waals surface area contributed by atoms with Crippen LogP contribution in [0.25, 0.3) is 0 Å². The highest BCUT2D eigenvalue weighted by Crippen LogP contribution is 2.35. The van der Waals surface area contributed by atoms with Crippen molar-refractivity contribution in [3.05, 3.63) is 28.8 Å². The minimum absolute atomic E-state index is 0.148. The molecule has 1 unspecified atom stereocenters. The van der Waals surface area contributed by atoms with Gasteiger partial charge in [0.25, 0.3) is 0 Å². The summed E-state index contributed by atoms with van der Waals surface area (Å²) in [4.78, 5) is 2.40. The van der Waals surface area contributed by atoms with Gasteiger partial charge < -0.3 is 10.5 Å². The summed E-state index contributed by atoms with van der Waals surface area (Å²) in [5, 5.41) is 0.739. The van der Waals surface area contributed by atoms with Gasteiger partial charge in [-0.1, -0.05) is 17.7 Å². The monoisotopic (exact) mass is 286 g/mol. The number of nitrogens with two attached hydrogens (primary N) is 1. The number of thioether (sulfide) groups is 1. The van der Waals surface area contributed by atoms with Crippen LogP contribution >= 0.6 is 23.4 Å². The number of halogens is 1. The molecule has 1 aliphatic rings. The summed E-state index contributed by atoms with van der Waals surface area (Å²) in [6.07, 6.45) is 0. The van der Waals surface area contributed by atoms with Gasteiger partial charge in [0.1, 0.15) is 5.75 Å². The van der Waals surface area contributed by atoms with E-state index < -0.39 is 0 Å². The van der Waals surface area contributed by atoms with E-state index in [9.17, 15) is 0 Å². The average molecular weight is 287 g/mol. The Balaban J connectivity index is 2.31. The molecule has 1 aromatic carbocycles. The van der Waals surface area contributed by atoms with E-state index >= 15 is 0 Å². The molecule has 1 saturated heterocycles. The van der Waals surface area contributed by atoms with Crippen LogP contribution in [0.5, 0.6) is 5.75 Å². The van der Waals surface area contributed by atoms with Crippen LogP contribution in [0.4, 0.5) is 0 Å². The van der Waals surface area contributed by atoms with Gasteiger partial charge in [0, 0.05) is 41.7 Å². The molecule has 1 atom stereocenters. The third-order valence-corrected chi connectivity index (χ3v) is 4.55. The topological polar surface area (TPSA) is 38.5 Å². The number of benzene rings is 1. The zero-order valence-corrected chi connectivity index (χ0v) is 12.1. The highest BCUT2D eigenvalue weighted by molar-refractivity contribution is 7.99. The van der Waals surface area contributed by atoms with Gasteiger partial charge in [-0.3, -0.25) is 4.90 Å². The first-order valence-electron chi connectivity index (χ1n) is 6.12. The van der Waals surface area contributed by atoms with Crippen LogP contribution in [-0.4, -0.2) is 43.1 Å². The maximum atomic E-state index is 6.33. The first-order valence-corrected chi connectivity index (χ1v) is 7.65. The Morgan fingerprint density at radius 3 is 2.78 bits per heavy atom. The third kappa shape index (κ3) is 2.94. The lowest BCUT2D eigenvalue weighted by molar-refractivity contribution is 0.218. The average Bonchev–Trinajstić information content (AvgIpc) is 2.42. The van der Waals surface area contributed by atoms with Crippen LogP contribution in [0.1, 0.15) is 11.6 Å². The van der Waals surface area contributed by atoms with E-state index in [1.165, 1.54) is 0 Å². The Bertz CT molecular complexity index is 397. The molecule has 0 aromatic heterocycles. The zero-order valence-electron chi connectivity index (χ0n) is 10.6. The molecule has 0 amide bonds. The summed E-state index contributed by atoms with van der Waals surface area (Å²) in [6, 6.07) is 5.91. The van der Waals surface area contributed by atoms with Crippen molar-refractivity contribution in [2.75, 3.05) is 38.2 Å². The van der Waals surface area contributed by atoms with Gasteiger partial charge in [-0.25, -0.2) is 0 Å². The summed E-state index contributed by atoms with van der Waals surface area (Å²) < 4.78 is 5.43. The Morgan fingerprint density at radius 2 is 2.17 bits per heavy atom. The van der Waals surface area contributed by atoms with Gasteiger partial charge >= 0.3 is 0 Å². The molecule has 0 radical (unpaired) electrons. The number of nitrogens with zero attached hydrogens (tertiary/aromatic N) is 1. The maximum Gasteiger partial charge on any atom is 0.125 e. The van der Waals surface area contributed by atoms with E-state index in [4.69, 9.17) is 22.1 Å². The van der Waals surface area contributed by atoms with Crippen LogP contribution < -0.4 is 10.5 Å². The fourth-order valence-corrected chi connectivity index (χ4v) is 3.58. The molecule has 0 bridgehead atoms. The molecule has 0 aliphatic carbocycles. The fraction of sp³-hybridized carbons (Fsp3) is 0.538. The first kappa shape index (κ1) is 14.0. The molecule has 0 saturated carbocycles. The fourth-order valence-electron chi connectivity index (χ4n) is 2.36. The lowest BCUT2D eigenvalue weighted by atomic mass is 10.0. The largest absolute Gasteiger partial charge is 0.496 e. The normalized spacial score (nSPS) is 18.6. The highest BCUT2D eigenvalue weighted by Gasteiger charge is 2.25. The molecular weight excluding hydrogens is 268 g/mol. The van der Waals surface area contributed by atoms with Gasteiger partial charge in [0.2, 0.25) is 0 Å². The van der Waals surface area contributed by atoms with Crippen molar-refractivity contribution in [1.82, 2.24) is 4.90 Å². The lowest BCUT2D eigenvalue weighted by Gasteiger charge is -2.34. The Hall–Kier alpha value is -0.420. The number of rotatable bonds is 4.